The molecule has 0 aromatic heterocycles. The Morgan fingerprint density at radius 1 is 1.12 bits per heavy atom. The van der Waals surface area contributed by atoms with Crippen molar-refractivity contribution in [2.75, 3.05) is 27.2 Å². The molecule has 24 heavy (non-hydrogen) atoms. The maximum absolute atomic E-state index is 12.3. The van der Waals surface area contributed by atoms with E-state index in [9.17, 15) is 9.59 Å². The molecular formula is C19H29N3O2. The molecule has 1 aromatic carbocycles. The number of likely N-dealkylation sites (tertiary alicyclic amines) is 1. The van der Waals surface area contributed by atoms with Crippen molar-refractivity contribution in [1.82, 2.24) is 15.1 Å². The Kier molecular flexibility index (Phi) is 5.86. The summed E-state index contributed by atoms with van der Waals surface area (Å²) in [6.07, 6.45) is 1.93. The SMILES string of the molecule is Cc1cc(C)cc(C2CCN(C(=O)N[C@@H](C)C(=O)N(C)C)CC2)c1. The smallest absolute Gasteiger partial charge is 0.318 e. The van der Waals surface area contributed by atoms with Crippen LogP contribution in [-0.4, -0.2) is 55.0 Å². The summed E-state index contributed by atoms with van der Waals surface area (Å²) in [5, 5.41) is 2.80. The number of likely N-dealkylation sites (N-methyl/N-ethyl adjacent to an activating group) is 1. The number of urea groups is 1. The molecule has 1 N–H and O–H groups in total. The second-order valence-corrected chi connectivity index (χ2v) is 7.09. The highest BCUT2D eigenvalue weighted by atomic mass is 16.2. The first-order chi connectivity index (χ1) is 11.3. The molecule has 0 aliphatic carbocycles. The van der Waals surface area contributed by atoms with Gasteiger partial charge in [0, 0.05) is 27.2 Å². The van der Waals surface area contributed by atoms with Gasteiger partial charge in [0.2, 0.25) is 5.91 Å². The Hall–Kier alpha value is -2.04. The number of carbonyl (C=O) groups excluding carboxylic acids is 2. The Labute approximate surface area is 145 Å². The second kappa shape index (κ2) is 7.69. The van der Waals surface area contributed by atoms with E-state index >= 15 is 0 Å². The van der Waals surface area contributed by atoms with Gasteiger partial charge in [-0.3, -0.25) is 4.79 Å². The summed E-state index contributed by atoms with van der Waals surface area (Å²) >= 11 is 0. The van der Waals surface area contributed by atoms with Gasteiger partial charge in [0.1, 0.15) is 6.04 Å². The third-order valence-electron chi connectivity index (χ3n) is 4.65. The summed E-state index contributed by atoms with van der Waals surface area (Å²) < 4.78 is 0. The van der Waals surface area contributed by atoms with Crippen LogP contribution in [0.2, 0.25) is 0 Å². The van der Waals surface area contributed by atoms with E-state index in [0.717, 1.165) is 25.9 Å². The molecule has 1 fully saturated rings. The number of nitrogens with zero attached hydrogens (tertiary/aromatic N) is 2. The first-order valence-electron chi connectivity index (χ1n) is 8.62. The molecular weight excluding hydrogens is 302 g/mol. The lowest BCUT2D eigenvalue weighted by molar-refractivity contribution is -0.130. The Balaban J connectivity index is 1.90. The van der Waals surface area contributed by atoms with Crippen LogP contribution in [0.1, 0.15) is 42.4 Å². The molecule has 1 saturated heterocycles. The van der Waals surface area contributed by atoms with E-state index in [1.165, 1.54) is 21.6 Å². The fraction of sp³-hybridized carbons (Fsp3) is 0.579. The number of piperidine rings is 1. The van der Waals surface area contributed by atoms with Gasteiger partial charge < -0.3 is 15.1 Å². The predicted octanol–water partition coefficient (Wildman–Crippen LogP) is 2.67. The Morgan fingerprint density at radius 3 is 2.17 bits per heavy atom. The summed E-state index contributed by atoms with van der Waals surface area (Å²) in [7, 11) is 3.39. The van der Waals surface area contributed by atoms with Crippen molar-refractivity contribution < 1.29 is 9.59 Å². The van der Waals surface area contributed by atoms with E-state index in [4.69, 9.17) is 0 Å². The molecule has 1 aliphatic rings. The van der Waals surface area contributed by atoms with Gasteiger partial charge in [-0.05, 0) is 45.1 Å². The first kappa shape index (κ1) is 18.3. The minimum atomic E-state index is -0.496. The molecule has 0 bridgehead atoms. The fourth-order valence-corrected chi connectivity index (χ4v) is 3.39. The number of hydrogen-bond acceptors (Lipinski definition) is 2. The molecule has 0 unspecified atom stereocenters. The second-order valence-electron chi connectivity index (χ2n) is 7.09. The maximum Gasteiger partial charge on any atom is 0.318 e. The number of aryl methyl sites for hydroxylation is 2. The lowest BCUT2D eigenvalue weighted by Gasteiger charge is -2.33. The molecule has 0 radical (unpaired) electrons. The molecule has 5 heteroatoms. The molecule has 132 valence electrons. The van der Waals surface area contributed by atoms with Gasteiger partial charge in [-0.1, -0.05) is 29.3 Å². The minimum Gasteiger partial charge on any atom is -0.347 e. The average Bonchev–Trinajstić information content (AvgIpc) is 2.53. The van der Waals surface area contributed by atoms with E-state index in [0.29, 0.717) is 5.92 Å². The standard InChI is InChI=1S/C19H29N3O2/c1-13-10-14(2)12-17(11-13)16-6-8-22(9-7-16)19(24)20-15(3)18(23)21(4)5/h10-12,15-16H,6-9H2,1-5H3,(H,20,24)/t15-/m0/s1. The van der Waals surface area contributed by atoms with Crippen LogP contribution in [0, 0.1) is 13.8 Å². The van der Waals surface area contributed by atoms with Gasteiger partial charge >= 0.3 is 6.03 Å². The fourth-order valence-electron chi connectivity index (χ4n) is 3.39. The van der Waals surface area contributed by atoms with Crippen molar-refractivity contribution in [3.63, 3.8) is 0 Å². The predicted molar refractivity (Wildman–Crippen MR) is 96.2 cm³/mol. The third-order valence-corrected chi connectivity index (χ3v) is 4.65. The van der Waals surface area contributed by atoms with Crippen molar-refractivity contribution in [3.05, 3.63) is 34.9 Å². The van der Waals surface area contributed by atoms with E-state index in [1.807, 2.05) is 4.90 Å². The Morgan fingerprint density at radius 2 is 1.67 bits per heavy atom. The average molecular weight is 331 g/mol. The number of benzene rings is 1. The number of carbonyl (C=O) groups is 2. The number of hydrogen-bond donors (Lipinski definition) is 1. The van der Waals surface area contributed by atoms with Gasteiger partial charge in [0.15, 0.2) is 0 Å². The van der Waals surface area contributed by atoms with Crippen LogP contribution in [-0.2, 0) is 4.79 Å². The summed E-state index contributed by atoms with van der Waals surface area (Å²) in [4.78, 5) is 27.5. The molecule has 1 aliphatic heterocycles. The van der Waals surface area contributed by atoms with E-state index in [2.05, 4.69) is 37.4 Å². The summed E-state index contributed by atoms with van der Waals surface area (Å²) in [5.41, 5.74) is 3.96. The van der Waals surface area contributed by atoms with Crippen LogP contribution in [0.5, 0.6) is 0 Å². The van der Waals surface area contributed by atoms with Gasteiger partial charge in [-0.15, -0.1) is 0 Å². The summed E-state index contributed by atoms with van der Waals surface area (Å²) in [6.45, 7) is 7.44. The van der Waals surface area contributed by atoms with Gasteiger partial charge in [-0.25, -0.2) is 4.79 Å². The summed E-state index contributed by atoms with van der Waals surface area (Å²) in [5.74, 6) is 0.418. The monoisotopic (exact) mass is 331 g/mol. The van der Waals surface area contributed by atoms with Crippen molar-refractivity contribution >= 4 is 11.9 Å². The lowest BCUT2D eigenvalue weighted by Crippen LogP contribution is -2.51. The van der Waals surface area contributed by atoms with Crippen molar-refractivity contribution in [3.8, 4) is 0 Å². The molecule has 3 amide bonds. The Bertz CT molecular complexity index is 584. The zero-order valence-corrected chi connectivity index (χ0v) is 15.4. The first-order valence-corrected chi connectivity index (χ1v) is 8.62. The highest BCUT2D eigenvalue weighted by Gasteiger charge is 2.26. The van der Waals surface area contributed by atoms with Crippen LogP contribution in [0.15, 0.2) is 18.2 Å². The van der Waals surface area contributed by atoms with E-state index in [-0.39, 0.29) is 11.9 Å². The number of amides is 3. The molecule has 0 spiro atoms. The highest BCUT2D eigenvalue weighted by Crippen LogP contribution is 2.29. The normalized spacial score (nSPS) is 16.6. The number of nitrogens with one attached hydrogen (secondary N) is 1. The molecule has 5 nitrogen and oxygen atoms in total. The van der Waals surface area contributed by atoms with E-state index in [1.54, 1.807) is 21.0 Å². The molecule has 1 heterocycles. The molecule has 0 saturated carbocycles. The zero-order valence-electron chi connectivity index (χ0n) is 15.4. The maximum atomic E-state index is 12.3. The largest absolute Gasteiger partial charge is 0.347 e. The van der Waals surface area contributed by atoms with Crippen LogP contribution in [0.3, 0.4) is 0 Å². The third kappa shape index (κ3) is 4.49. The molecule has 2 rings (SSSR count). The topological polar surface area (TPSA) is 52.7 Å². The van der Waals surface area contributed by atoms with Gasteiger partial charge in [0.05, 0.1) is 0 Å². The zero-order chi connectivity index (χ0) is 17.9. The van der Waals surface area contributed by atoms with Crippen LogP contribution >= 0.6 is 0 Å². The highest BCUT2D eigenvalue weighted by molar-refractivity contribution is 5.86. The van der Waals surface area contributed by atoms with Gasteiger partial charge in [0.25, 0.3) is 0 Å². The minimum absolute atomic E-state index is 0.0894. The van der Waals surface area contributed by atoms with Crippen LogP contribution in [0.4, 0.5) is 4.79 Å². The van der Waals surface area contributed by atoms with E-state index < -0.39 is 6.04 Å². The van der Waals surface area contributed by atoms with Crippen LogP contribution < -0.4 is 5.32 Å². The van der Waals surface area contributed by atoms with Gasteiger partial charge in [-0.2, -0.15) is 0 Å². The van der Waals surface area contributed by atoms with Crippen molar-refractivity contribution in [1.29, 1.82) is 0 Å². The number of rotatable bonds is 3. The summed E-state index contributed by atoms with van der Waals surface area (Å²) in [6, 6.07) is 6.06. The molecule has 1 atom stereocenters. The van der Waals surface area contributed by atoms with Crippen molar-refractivity contribution in [2.45, 2.75) is 45.6 Å². The lowest BCUT2D eigenvalue weighted by atomic mass is 9.88. The molecule has 1 aromatic rings. The van der Waals surface area contributed by atoms with Crippen LogP contribution in [0.25, 0.3) is 0 Å². The van der Waals surface area contributed by atoms with Crippen molar-refractivity contribution in [2.24, 2.45) is 0 Å². The quantitative estimate of drug-likeness (QED) is 0.926.